The van der Waals surface area contributed by atoms with Gasteiger partial charge in [0.05, 0.1) is 18.4 Å². The monoisotopic (exact) mass is 360 g/mol. The van der Waals surface area contributed by atoms with Crippen molar-refractivity contribution in [2.75, 3.05) is 25.6 Å². The van der Waals surface area contributed by atoms with Gasteiger partial charge in [-0.1, -0.05) is 12.1 Å². The van der Waals surface area contributed by atoms with Crippen LogP contribution in [0.2, 0.25) is 0 Å². The molecule has 6 nitrogen and oxygen atoms in total. The normalized spacial score (nSPS) is 18.0. The number of alkyl halides is 3. The molecule has 1 heterocycles. The third-order valence-corrected chi connectivity index (χ3v) is 3.93. The number of ether oxygens (including phenoxy) is 1. The van der Waals surface area contributed by atoms with Gasteiger partial charge in [0, 0.05) is 20.0 Å². The summed E-state index contributed by atoms with van der Waals surface area (Å²) < 4.78 is 42.2. The topological polar surface area (TPSA) is 59.1 Å². The van der Waals surface area contributed by atoms with Crippen LogP contribution in [0, 0.1) is 0 Å². The summed E-state index contributed by atoms with van der Waals surface area (Å²) in [6.07, 6.45) is -4.55. The maximum atomic E-state index is 12.5. The number of piperidine rings is 1. The standard InChI is InChI=1S/C16H19F3N2O4/c1-20(24-2)14(22)11-7-3-4-8-12(11)21-10-6-5-9-13(21)25-15(23)16(17,18)19/h3-4,7-8,13H,5-6,9-10H2,1-2H3. The number of nitrogens with zero attached hydrogens (tertiary/aromatic N) is 2. The number of hydroxylamine groups is 2. The van der Waals surface area contributed by atoms with Gasteiger partial charge in [-0.2, -0.15) is 13.2 Å². The van der Waals surface area contributed by atoms with Crippen LogP contribution in [0.4, 0.5) is 18.9 Å². The zero-order valence-electron chi connectivity index (χ0n) is 13.9. The molecule has 1 atom stereocenters. The summed E-state index contributed by atoms with van der Waals surface area (Å²) in [4.78, 5) is 30.0. The molecule has 0 saturated carbocycles. The lowest BCUT2D eigenvalue weighted by atomic mass is 10.1. The first-order valence-corrected chi connectivity index (χ1v) is 7.71. The van der Waals surface area contributed by atoms with Crippen LogP contribution < -0.4 is 4.90 Å². The SMILES string of the molecule is CON(C)C(=O)c1ccccc1N1CCCCC1OC(=O)C(F)(F)F. The molecule has 138 valence electrons. The smallest absolute Gasteiger partial charge is 0.435 e. The van der Waals surface area contributed by atoms with E-state index in [9.17, 15) is 22.8 Å². The predicted octanol–water partition coefficient (Wildman–Crippen LogP) is 2.74. The van der Waals surface area contributed by atoms with E-state index in [0.717, 1.165) is 5.06 Å². The van der Waals surface area contributed by atoms with Crippen LogP contribution >= 0.6 is 0 Å². The number of para-hydroxylation sites is 1. The van der Waals surface area contributed by atoms with Crippen LogP contribution in [0.1, 0.15) is 29.6 Å². The molecule has 0 radical (unpaired) electrons. The molecule has 1 unspecified atom stereocenters. The maximum absolute atomic E-state index is 12.5. The summed E-state index contributed by atoms with van der Waals surface area (Å²) in [5.74, 6) is -2.69. The van der Waals surface area contributed by atoms with Crippen molar-refractivity contribution >= 4 is 17.6 Å². The van der Waals surface area contributed by atoms with E-state index in [1.807, 2.05) is 0 Å². The number of carbonyl (C=O) groups is 2. The first-order valence-electron chi connectivity index (χ1n) is 7.71. The number of rotatable bonds is 4. The van der Waals surface area contributed by atoms with E-state index in [1.54, 1.807) is 24.3 Å². The Labute approximate surface area is 143 Å². The van der Waals surface area contributed by atoms with Gasteiger partial charge in [-0.25, -0.2) is 9.86 Å². The molecule has 25 heavy (non-hydrogen) atoms. The second-order valence-corrected chi connectivity index (χ2v) is 5.55. The van der Waals surface area contributed by atoms with Crippen molar-refractivity contribution in [3.05, 3.63) is 29.8 Å². The van der Waals surface area contributed by atoms with Gasteiger partial charge in [-0.05, 0) is 25.0 Å². The fraction of sp³-hybridized carbons (Fsp3) is 0.500. The van der Waals surface area contributed by atoms with Crippen LogP contribution in [0.5, 0.6) is 0 Å². The third-order valence-electron chi connectivity index (χ3n) is 3.93. The summed E-state index contributed by atoms with van der Waals surface area (Å²) in [6, 6.07) is 6.46. The molecule has 1 amide bonds. The Kier molecular flexibility index (Phi) is 5.89. The molecule has 1 aromatic rings. The van der Waals surface area contributed by atoms with E-state index >= 15 is 0 Å². The number of amides is 1. The molecule has 0 spiro atoms. The molecule has 9 heteroatoms. The lowest BCUT2D eigenvalue weighted by Crippen LogP contribution is -2.45. The van der Waals surface area contributed by atoms with Gasteiger partial charge < -0.3 is 9.64 Å². The second-order valence-electron chi connectivity index (χ2n) is 5.55. The largest absolute Gasteiger partial charge is 0.491 e. The van der Waals surface area contributed by atoms with E-state index in [-0.39, 0.29) is 12.0 Å². The van der Waals surface area contributed by atoms with E-state index < -0.39 is 24.3 Å². The Morgan fingerprint density at radius 2 is 1.92 bits per heavy atom. The molecule has 1 aromatic carbocycles. The molecule has 0 bridgehead atoms. The highest BCUT2D eigenvalue weighted by Crippen LogP contribution is 2.30. The van der Waals surface area contributed by atoms with Crippen LogP contribution in [-0.2, 0) is 14.4 Å². The summed E-state index contributed by atoms with van der Waals surface area (Å²) in [5.41, 5.74) is 0.651. The Hall–Kier alpha value is -2.29. The van der Waals surface area contributed by atoms with E-state index in [2.05, 4.69) is 4.74 Å². The van der Waals surface area contributed by atoms with Gasteiger partial charge in [-0.15, -0.1) is 0 Å². The zero-order chi connectivity index (χ0) is 18.6. The highest BCUT2D eigenvalue weighted by atomic mass is 19.4. The van der Waals surface area contributed by atoms with Crippen molar-refractivity contribution < 1.29 is 32.3 Å². The van der Waals surface area contributed by atoms with E-state index in [4.69, 9.17) is 4.84 Å². The summed E-state index contributed by atoms with van der Waals surface area (Å²) >= 11 is 0. The number of hydrogen-bond donors (Lipinski definition) is 0. The molecule has 1 saturated heterocycles. The van der Waals surface area contributed by atoms with Crippen molar-refractivity contribution in [3.8, 4) is 0 Å². The molecule has 0 N–H and O–H groups in total. The van der Waals surface area contributed by atoms with E-state index in [0.29, 0.717) is 25.1 Å². The number of carbonyl (C=O) groups excluding carboxylic acids is 2. The van der Waals surface area contributed by atoms with Crippen LogP contribution in [-0.4, -0.2) is 50.0 Å². The highest BCUT2D eigenvalue weighted by molar-refractivity contribution is 5.99. The Morgan fingerprint density at radius 3 is 2.56 bits per heavy atom. The van der Waals surface area contributed by atoms with Crippen molar-refractivity contribution in [2.45, 2.75) is 31.7 Å². The van der Waals surface area contributed by atoms with Crippen molar-refractivity contribution in [1.82, 2.24) is 5.06 Å². The van der Waals surface area contributed by atoms with Crippen LogP contribution in [0.3, 0.4) is 0 Å². The lowest BCUT2D eigenvalue weighted by Gasteiger charge is -2.37. The molecule has 1 fully saturated rings. The highest BCUT2D eigenvalue weighted by Gasteiger charge is 2.43. The van der Waals surface area contributed by atoms with E-state index in [1.165, 1.54) is 19.1 Å². The first kappa shape index (κ1) is 19.0. The Balaban J connectivity index is 2.31. The number of hydrogen-bond acceptors (Lipinski definition) is 5. The molecular weight excluding hydrogens is 341 g/mol. The molecule has 1 aliphatic heterocycles. The average Bonchev–Trinajstić information content (AvgIpc) is 2.60. The summed E-state index contributed by atoms with van der Waals surface area (Å²) in [7, 11) is 2.76. The van der Waals surface area contributed by atoms with Gasteiger partial charge in [0.1, 0.15) is 0 Å². The molecule has 1 aliphatic rings. The summed E-state index contributed by atoms with van der Waals surface area (Å²) in [6.45, 7) is 0.372. The first-order chi connectivity index (χ1) is 11.8. The average molecular weight is 360 g/mol. The van der Waals surface area contributed by atoms with Crippen molar-refractivity contribution in [2.24, 2.45) is 0 Å². The Morgan fingerprint density at radius 1 is 1.24 bits per heavy atom. The quantitative estimate of drug-likeness (QED) is 0.610. The van der Waals surface area contributed by atoms with Crippen LogP contribution in [0.25, 0.3) is 0 Å². The minimum absolute atomic E-state index is 0.252. The van der Waals surface area contributed by atoms with Gasteiger partial charge in [0.25, 0.3) is 5.91 Å². The number of anilines is 1. The molecule has 2 rings (SSSR count). The Bertz CT molecular complexity index is 636. The third kappa shape index (κ3) is 4.41. The molecular formula is C16H19F3N2O4. The van der Waals surface area contributed by atoms with Gasteiger partial charge in [0.2, 0.25) is 0 Å². The van der Waals surface area contributed by atoms with Crippen molar-refractivity contribution in [3.63, 3.8) is 0 Å². The maximum Gasteiger partial charge on any atom is 0.491 e. The van der Waals surface area contributed by atoms with Crippen molar-refractivity contribution in [1.29, 1.82) is 0 Å². The number of halogens is 3. The zero-order valence-corrected chi connectivity index (χ0v) is 13.9. The van der Waals surface area contributed by atoms with Gasteiger partial charge >= 0.3 is 12.1 Å². The minimum atomic E-state index is -5.06. The predicted molar refractivity (Wildman–Crippen MR) is 82.7 cm³/mol. The minimum Gasteiger partial charge on any atom is -0.435 e. The van der Waals surface area contributed by atoms with Gasteiger partial charge in [0.15, 0.2) is 6.23 Å². The number of benzene rings is 1. The van der Waals surface area contributed by atoms with Gasteiger partial charge in [-0.3, -0.25) is 9.63 Å². The number of esters is 1. The molecule has 0 aromatic heterocycles. The fourth-order valence-electron chi connectivity index (χ4n) is 2.65. The fourth-order valence-corrected chi connectivity index (χ4v) is 2.65. The van der Waals surface area contributed by atoms with Crippen LogP contribution in [0.15, 0.2) is 24.3 Å². The second kappa shape index (κ2) is 7.73. The molecule has 0 aliphatic carbocycles. The lowest BCUT2D eigenvalue weighted by molar-refractivity contribution is -0.205. The summed E-state index contributed by atoms with van der Waals surface area (Å²) in [5, 5.41) is 1.01.